The van der Waals surface area contributed by atoms with Gasteiger partial charge in [0.15, 0.2) is 6.29 Å². The number of hydrogen-bond acceptors (Lipinski definition) is 10. The van der Waals surface area contributed by atoms with Gasteiger partial charge in [-0.3, -0.25) is 9.59 Å². The van der Waals surface area contributed by atoms with Gasteiger partial charge < -0.3 is 45.1 Å². The summed E-state index contributed by atoms with van der Waals surface area (Å²) in [7, 11) is 0. The third-order valence-corrected chi connectivity index (χ3v) is 17.6. The quantitative estimate of drug-likeness (QED) is 0.0195. The van der Waals surface area contributed by atoms with Gasteiger partial charge in [-0.15, -0.1) is 0 Å². The van der Waals surface area contributed by atoms with E-state index in [-0.39, 0.29) is 18.5 Å². The molecule has 1 aliphatic rings. The highest BCUT2D eigenvalue weighted by Crippen LogP contribution is 2.23. The van der Waals surface area contributed by atoms with E-state index < -0.39 is 49.5 Å². The number of carbonyl (C=O) groups excluding carboxylic acids is 2. The Bertz CT molecular complexity index is 1650. The van der Waals surface area contributed by atoms with Crippen LogP contribution in [0, 0.1) is 0 Å². The molecule has 0 aliphatic carbocycles. The summed E-state index contributed by atoms with van der Waals surface area (Å²) in [5.74, 6) is -0.187. The van der Waals surface area contributed by atoms with Crippen molar-refractivity contribution in [2.24, 2.45) is 0 Å². The lowest BCUT2D eigenvalue weighted by Gasteiger charge is -2.40. The minimum Gasteiger partial charge on any atom is -0.466 e. The second-order valence-corrected chi connectivity index (χ2v) is 26.0. The SMILES string of the molecule is CCCCCC/C=C\CCCCCCCC(=O)OCCCCCCCCCCCCCCC/C=C\C/C=C\CCCCCCCCCCCCCCCCCCCC(=O)NC(COC1OC(CO)C(O)C(O)C1O)C(O)/C=C/CC/C=C/CCCCCC. The fourth-order valence-corrected chi connectivity index (χ4v) is 11.7. The number of esters is 1. The molecule has 1 saturated heterocycles. The first-order valence-corrected chi connectivity index (χ1v) is 37.6. The molecule has 0 aromatic heterocycles. The Kier molecular flexibility index (Phi) is 62.4. The summed E-state index contributed by atoms with van der Waals surface area (Å²) in [6.07, 6.45) is 78.3. The van der Waals surface area contributed by atoms with E-state index in [1.54, 1.807) is 6.08 Å². The zero-order chi connectivity index (χ0) is 63.7. The standard InChI is InChI=1S/C77H141NO10/c1-3-5-7-9-11-13-15-41-45-49-53-57-61-65-73(82)86-66-62-58-54-50-46-43-40-38-36-34-32-30-28-26-24-22-20-18-16-17-19-21-23-25-27-29-31-33-35-37-39-42-44-48-52-56-60-64-72(81)78-69(68-87-77-76(85)75(84)74(83)71(67-79)88-77)70(80)63-59-55-51-47-14-12-10-8-6-4-2/h13-16,18,22,24,47,59,63,69-71,74-77,79-80,83-85H,3-12,17,19-21,23,25-46,48-58,60-62,64-68H2,1-2H3,(H,78,81)/b15-13-,18-16-,24-22-,47-14+,63-59+. The Morgan fingerprint density at radius 2 is 0.773 bits per heavy atom. The second-order valence-electron chi connectivity index (χ2n) is 26.0. The van der Waals surface area contributed by atoms with Crippen LogP contribution < -0.4 is 5.32 Å². The Balaban J connectivity index is 1.90. The first-order valence-electron chi connectivity index (χ1n) is 37.6. The highest BCUT2D eigenvalue weighted by atomic mass is 16.7. The van der Waals surface area contributed by atoms with Crippen LogP contribution in [0.4, 0.5) is 0 Å². The first-order chi connectivity index (χ1) is 43.2. The smallest absolute Gasteiger partial charge is 0.305 e. The van der Waals surface area contributed by atoms with Crippen molar-refractivity contribution in [2.75, 3.05) is 19.8 Å². The number of ether oxygens (including phenoxy) is 3. The van der Waals surface area contributed by atoms with Crippen molar-refractivity contribution >= 4 is 11.9 Å². The molecular weight excluding hydrogens is 1100 g/mol. The van der Waals surface area contributed by atoms with Crippen LogP contribution in [-0.4, -0.2) is 100 Å². The summed E-state index contributed by atoms with van der Waals surface area (Å²) in [5.41, 5.74) is 0. The van der Waals surface area contributed by atoms with E-state index in [4.69, 9.17) is 14.2 Å². The van der Waals surface area contributed by atoms with Crippen LogP contribution in [-0.2, 0) is 23.8 Å². The number of allylic oxidation sites excluding steroid dienone is 9. The van der Waals surface area contributed by atoms with Crippen LogP contribution in [0.1, 0.15) is 354 Å². The second kappa shape index (κ2) is 65.8. The van der Waals surface area contributed by atoms with E-state index in [2.05, 4.69) is 67.8 Å². The van der Waals surface area contributed by atoms with E-state index in [9.17, 15) is 35.1 Å². The molecule has 1 heterocycles. The number of nitrogens with one attached hydrogen (secondary N) is 1. The molecule has 0 bridgehead atoms. The van der Waals surface area contributed by atoms with Crippen LogP contribution in [0.25, 0.3) is 0 Å². The number of amides is 1. The summed E-state index contributed by atoms with van der Waals surface area (Å²) in [6.45, 7) is 4.30. The number of rotatable bonds is 66. The van der Waals surface area contributed by atoms with Gasteiger partial charge in [0.25, 0.3) is 0 Å². The van der Waals surface area contributed by atoms with Crippen LogP contribution in [0.2, 0.25) is 0 Å². The Morgan fingerprint density at radius 1 is 0.420 bits per heavy atom. The minimum absolute atomic E-state index is 0.00301. The topological polar surface area (TPSA) is 175 Å². The lowest BCUT2D eigenvalue weighted by Crippen LogP contribution is -2.60. The molecule has 11 heteroatoms. The highest BCUT2D eigenvalue weighted by molar-refractivity contribution is 5.76. The molecule has 0 saturated carbocycles. The molecule has 7 unspecified atom stereocenters. The molecule has 88 heavy (non-hydrogen) atoms. The number of hydrogen-bond donors (Lipinski definition) is 6. The van der Waals surface area contributed by atoms with Gasteiger partial charge in [-0.2, -0.15) is 0 Å². The largest absolute Gasteiger partial charge is 0.466 e. The van der Waals surface area contributed by atoms with Gasteiger partial charge in [0, 0.05) is 12.8 Å². The van der Waals surface area contributed by atoms with Crippen molar-refractivity contribution in [1.82, 2.24) is 5.32 Å². The Labute approximate surface area is 541 Å². The van der Waals surface area contributed by atoms with E-state index >= 15 is 0 Å². The average Bonchev–Trinajstić information content (AvgIpc) is 2.84. The van der Waals surface area contributed by atoms with Crippen molar-refractivity contribution in [1.29, 1.82) is 0 Å². The summed E-state index contributed by atoms with van der Waals surface area (Å²) < 4.78 is 16.7. The maximum absolute atomic E-state index is 13.0. The van der Waals surface area contributed by atoms with Gasteiger partial charge >= 0.3 is 5.97 Å². The van der Waals surface area contributed by atoms with Crippen LogP contribution in [0.15, 0.2) is 60.8 Å². The molecule has 0 aromatic rings. The molecule has 1 rings (SSSR count). The Hall–Kier alpha value is -2.64. The summed E-state index contributed by atoms with van der Waals surface area (Å²) >= 11 is 0. The predicted molar refractivity (Wildman–Crippen MR) is 370 cm³/mol. The van der Waals surface area contributed by atoms with Crippen molar-refractivity contribution in [3.8, 4) is 0 Å². The first kappa shape index (κ1) is 83.4. The zero-order valence-electron chi connectivity index (χ0n) is 57.2. The fraction of sp³-hybridized carbons (Fsp3) is 0.844. The molecule has 1 fully saturated rings. The number of aliphatic hydroxyl groups excluding tert-OH is 5. The van der Waals surface area contributed by atoms with Gasteiger partial charge in [-0.25, -0.2) is 0 Å². The fourth-order valence-electron chi connectivity index (χ4n) is 11.7. The van der Waals surface area contributed by atoms with Crippen molar-refractivity contribution < 1.29 is 49.3 Å². The predicted octanol–water partition coefficient (Wildman–Crippen LogP) is 19.7. The highest BCUT2D eigenvalue weighted by Gasteiger charge is 2.44. The van der Waals surface area contributed by atoms with E-state index in [1.165, 1.54) is 263 Å². The Morgan fingerprint density at radius 3 is 1.19 bits per heavy atom. The monoisotopic (exact) mass is 1240 g/mol. The van der Waals surface area contributed by atoms with Gasteiger partial charge in [-0.05, 0) is 103 Å². The summed E-state index contributed by atoms with van der Waals surface area (Å²) in [4.78, 5) is 25.1. The number of unbranched alkanes of at least 4 members (excludes halogenated alkanes) is 44. The number of aliphatic hydroxyl groups is 5. The van der Waals surface area contributed by atoms with Gasteiger partial charge in [0.2, 0.25) is 5.91 Å². The summed E-state index contributed by atoms with van der Waals surface area (Å²) in [5, 5.41) is 54.3. The van der Waals surface area contributed by atoms with Crippen LogP contribution in [0.3, 0.4) is 0 Å². The normalized spacial score (nSPS) is 18.1. The molecule has 1 aliphatic heterocycles. The molecular formula is C77H141NO10. The van der Waals surface area contributed by atoms with Crippen molar-refractivity contribution in [3.63, 3.8) is 0 Å². The van der Waals surface area contributed by atoms with Gasteiger partial charge in [0.05, 0.1) is 32.0 Å². The third kappa shape index (κ3) is 54.0. The number of carbonyl (C=O) groups is 2. The maximum Gasteiger partial charge on any atom is 0.305 e. The lowest BCUT2D eigenvalue weighted by atomic mass is 9.99. The molecule has 0 spiro atoms. The third-order valence-electron chi connectivity index (χ3n) is 17.6. The molecule has 11 nitrogen and oxygen atoms in total. The molecule has 0 radical (unpaired) electrons. The maximum atomic E-state index is 13.0. The summed E-state index contributed by atoms with van der Waals surface area (Å²) in [6, 6.07) is -0.825. The van der Waals surface area contributed by atoms with Gasteiger partial charge in [-0.1, -0.05) is 299 Å². The molecule has 1 amide bonds. The van der Waals surface area contributed by atoms with Gasteiger partial charge in [0.1, 0.15) is 24.4 Å². The average molecular weight is 1240 g/mol. The molecule has 514 valence electrons. The van der Waals surface area contributed by atoms with E-state index in [0.29, 0.717) is 19.4 Å². The van der Waals surface area contributed by atoms with E-state index in [0.717, 1.165) is 64.2 Å². The van der Waals surface area contributed by atoms with Crippen molar-refractivity contribution in [3.05, 3.63) is 60.8 Å². The molecule has 0 aromatic carbocycles. The molecule has 7 atom stereocenters. The lowest BCUT2D eigenvalue weighted by molar-refractivity contribution is -0.302. The minimum atomic E-state index is -1.58. The van der Waals surface area contributed by atoms with E-state index in [1.807, 2.05) is 6.08 Å². The van der Waals surface area contributed by atoms with Crippen molar-refractivity contribution in [2.45, 2.75) is 397 Å². The van der Waals surface area contributed by atoms with Crippen LogP contribution in [0.5, 0.6) is 0 Å². The van der Waals surface area contributed by atoms with Crippen LogP contribution >= 0.6 is 0 Å². The molecule has 6 N–H and O–H groups in total. The zero-order valence-corrected chi connectivity index (χ0v) is 57.2.